The molecule has 12 heavy (non-hydrogen) atoms. The molecule has 0 aromatic heterocycles. The minimum Gasteiger partial charge on any atom is -0.396 e. The second-order valence-electron chi connectivity index (χ2n) is 4.18. The summed E-state index contributed by atoms with van der Waals surface area (Å²) in [6, 6.07) is 0. The van der Waals surface area contributed by atoms with Gasteiger partial charge in [0, 0.05) is 6.61 Å². The molecule has 2 heteroatoms. The molecule has 0 unspecified atom stereocenters. The van der Waals surface area contributed by atoms with Crippen LogP contribution < -0.4 is 0 Å². The third kappa shape index (κ3) is 1.27. The molecule has 0 radical (unpaired) electrons. The van der Waals surface area contributed by atoms with E-state index in [4.69, 9.17) is 5.11 Å². The van der Waals surface area contributed by atoms with E-state index in [1.54, 1.807) is 0 Å². The molecule has 1 rings (SSSR count). The average Bonchev–Trinajstić information content (AvgIpc) is 2.59. The summed E-state index contributed by atoms with van der Waals surface area (Å²) in [5.41, 5.74) is -0.475. The summed E-state index contributed by atoms with van der Waals surface area (Å²) >= 11 is 0. The van der Waals surface area contributed by atoms with Crippen LogP contribution in [0.1, 0.15) is 33.6 Å². The molecule has 0 aromatic rings. The van der Waals surface area contributed by atoms with Crippen molar-refractivity contribution in [3.05, 3.63) is 0 Å². The van der Waals surface area contributed by atoms with Crippen LogP contribution in [0, 0.1) is 17.8 Å². The zero-order valence-electron chi connectivity index (χ0n) is 8.25. The van der Waals surface area contributed by atoms with Gasteiger partial charge in [0.15, 0.2) is 0 Å². The van der Waals surface area contributed by atoms with Gasteiger partial charge in [-0.2, -0.15) is 0 Å². The standard InChI is InChI=1S/C10H20O2/c1-4-8-9(5-6-11)10(8,12)7(2)3/h7-9,11-12H,4-6H2,1-3H3/t8-,9-,10+/m1/s1. The van der Waals surface area contributed by atoms with Crippen LogP contribution >= 0.6 is 0 Å². The Labute approximate surface area is 74.6 Å². The van der Waals surface area contributed by atoms with Crippen LogP contribution in [0.3, 0.4) is 0 Å². The average molecular weight is 172 g/mol. The lowest BCUT2D eigenvalue weighted by atomic mass is 10.0. The Morgan fingerprint density at radius 1 is 1.33 bits per heavy atom. The van der Waals surface area contributed by atoms with Crippen LogP contribution in [0.4, 0.5) is 0 Å². The molecule has 0 aliphatic heterocycles. The number of hydrogen-bond donors (Lipinski definition) is 2. The van der Waals surface area contributed by atoms with E-state index in [2.05, 4.69) is 20.8 Å². The molecular weight excluding hydrogens is 152 g/mol. The Kier molecular flexibility index (Phi) is 2.79. The first kappa shape index (κ1) is 10.0. The van der Waals surface area contributed by atoms with Crippen LogP contribution in [-0.2, 0) is 0 Å². The lowest BCUT2D eigenvalue weighted by Gasteiger charge is -2.15. The van der Waals surface area contributed by atoms with Crippen molar-refractivity contribution in [2.75, 3.05) is 6.61 Å². The predicted octanol–water partition coefficient (Wildman–Crippen LogP) is 1.41. The van der Waals surface area contributed by atoms with Gasteiger partial charge < -0.3 is 10.2 Å². The highest BCUT2D eigenvalue weighted by atomic mass is 16.3. The molecule has 0 heterocycles. The van der Waals surface area contributed by atoms with Gasteiger partial charge in [-0.25, -0.2) is 0 Å². The largest absolute Gasteiger partial charge is 0.396 e. The van der Waals surface area contributed by atoms with Gasteiger partial charge >= 0.3 is 0 Å². The van der Waals surface area contributed by atoms with Crippen molar-refractivity contribution in [3.8, 4) is 0 Å². The molecule has 0 amide bonds. The van der Waals surface area contributed by atoms with Gasteiger partial charge in [-0.05, 0) is 24.2 Å². The lowest BCUT2D eigenvalue weighted by Crippen LogP contribution is -2.21. The second kappa shape index (κ2) is 3.35. The third-order valence-corrected chi connectivity index (χ3v) is 3.37. The molecule has 0 saturated heterocycles. The highest BCUT2D eigenvalue weighted by Gasteiger charge is 2.63. The van der Waals surface area contributed by atoms with Crippen LogP contribution in [0.5, 0.6) is 0 Å². The van der Waals surface area contributed by atoms with Crippen molar-refractivity contribution in [2.24, 2.45) is 17.8 Å². The topological polar surface area (TPSA) is 40.5 Å². The first-order valence-corrected chi connectivity index (χ1v) is 4.92. The van der Waals surface area contributed by atoms with E-state index in [-0.39, 0.29) is 6.61 Å². The highest BCUT2D eigenvalue weighted by molar-refractivity contribution is 5.12. The zero-order valence-corrected chi connectivity index (χ0v) is 8.25. The summed E-state index contributed by atoms with van der Waals surface area (Å²) in [7, 11) is 0. The Balaban J connectivity index is 2.56. The molecule has 72 valence electrons. The third-order valence-electron chi connectivity index (χ3n) is 3.37. The molecule has 0 spiro atoms. The summed E-state index contributed by atoms with van der Waals surface area (Å²) in [6.07, 6.45) is 1.78. The number of aliphatic hydroxyl groups is 2. The summed E-state index contributed by atoms with van der Waals surface area (Å²) < 4.78 is 0. The van der Waals surface area contributed by atoms with Crippen molar-refractivity contribution >= 4 is 0 Å². The Bertz CT molecular complexity index is 156. The van der Waals surface area contributed by atoms with Crippen molar-refractivity contribution in [1.29, 1.82) is 0 Å². The molecule has 2 nitrogen and oxygen atoms in total. The molecule has 1 saturated carbocycles. The van der Waals surface area contributed by atoms with E-state index in [1.807, 2.05) is 0 Å². The Morgan fingerprint density at radius 3 is 2.17 bits per heavy atom. The van der Waals surface area contributed by atoms with Crippen molar-refractivity contribution in [3.63, 3.8) is 0 Å². The molecule has 1 fully saturated rings. The molecule has 0 aromatic carbocycles. The summed E-state index contributed by atoms with van der Waals surface area (Å²) in [5, 5.41) is 18.9. The van der Waals surface area contributed by atoms with Gasteiger partial charge in [-0.1, -0.05) is 27.2 Å². The fourth-order valence-corrected chi connectivity index (χ4v) is 2.59. The summed E-state index contributed by atoms with van der Waals surface area (Å²) in [6.45, 7) is 6.42. The first-order chi connectivity index (χ1) is 5.58. The van der Waals surface area contributed by atoms with E-state index < -0.39 is 5.60 Å². The van der Waals surface area contributed by atoms with Gasteiger partial charge in [-0.15, -0.1) is 0 Å². The van der Waals surface area contributed by atoms with Gasteiger partial charge in [0.2, 0.25) is 0 Å². The molecule has 2 N–H and O–H groups in total. The van der Waals surface area contributed by atoms with Gasteiger partial charge in [0.05, 0.1) is 5.60 Å². The van der Waals surface area contributed by atoms with Crippen LogP contribution in [0.15, 0.2) is 0 Å². The van der Waals surface area contributed by atoms with Crippen molar-refractivity contribution < 1.29 is 10.2 Å². The van der Waals surface area contributed by atoms with Crippen molar-refractivity contribution in [2.45, 2.75) is 39.2 Å². The van der Waals surface area contributed by atoms with Crippen molar-refractivity contribution in [1.82, 2.24) is 0 Å². The molecular formula is C10H20O2. The minimum atomic E-state index is -0.475. The Hall–Kier alpha value is -0.0800. The van der Waals surface area contributed by atoms with Gasteiger partial charge in [0.1, 0.15) is 0 Å². The summed E-state index contributed by atoms with van der Waals surface area (Å²) in [5.74, 6) is 1.08. The van der Waals surface area contributed by atoms with Gasteiger partial charge in [0.25, 0.3) is 0 Å². The SMILES string of the molecule is CC[C@@H]1[C@@H](CCO)[C@]1(O)C(C)C. The predicted molar refractivity (Wildman–Crippen MR) is 48.8 cm³/mol. The minimum absolute atomic E-state index is 0.205. The summed E-state index contributed by atoms with van der Waals surface area (Å²) in [4.78, 5) is 0. The van der Waals surface area contributed by atoms with E-state index in [9.17, 15) is 5.11 Å². The maximum atomic E-state index is 10.1. The maximum Gasteiger partial charge on any atom is 0.0734 e. The normalized spacial score (nSPS) is 40.5. The first-order valence-electron chi connectivity index (χ1n) is 4.92. The Morgan fingerprint density at radius 2 is 1.92 bits per heavy atom. The monoisotopic (exact) mass is 172 g/mol. The highest BCUT2D eigenvalue weighted by Crippen LogP contribution is 2.58. The number of aliphatic hydroxyl groups excluding tert-OH is 1. The number of hydrogen-bond acceptors (Lipinski definition) is 2. The fraction of sp³-hybridized carbons (Fsp3) is 1.00. The van der Waals surface area contributed by atoms with Gasteiger partial charge in [-0.3, -0.25) is 0 Å². The second-order valence-corrected chi connectivity index (χ2v) is 4.18. The van der Waals surface area contributed by atoms with Crippen LogP contribution in [-0.4, -0.2) is 22.4 Å². The smallest absolute Gasteiger partial charge is 0.0734 e. The van der Waals surface area contributed by atoms with E-state index in [0.717, 1.165) is 12.8 Å². The van der Waals surface area contributed by atoms with Crippen LogP contribution in [0.25, 0.3) is 0 Å². The fourth-order valence-electron chi connectivity index (χ4n) is 2.59. The number of rotatable bonds is 4. The zero-order chi connectivity index (χ0) is 9.35. The quantitative estimate of drug-likeness (QED) is 0.673. The molecule has 1 aliphatic rings. The maximum absolute atomic E-state index is 10.1. The molecule has 1 aliphatic carbocycles. The molecule has 3 atom stereocenters. The van der Waals surface area contributed by atoms with E-state index >= 15 is 0 Å². The van der Waals surface area contributed by atoms with E-state index in [1.165, 1.54) is 0 Å². The lowest BCUT2D eigenvalue weighted by molar-refractivity contribution is 0.0643. The molecule has 0 bridgehead atoms. The van der Waals surface area contributed by atoms with E-state index in [0.29, 0.717) is 17.8 Å². The van der Waals surface area contributed by atoms with Crippen LogP contribution in [0.2, 0.25) is 0 Å².